The molecule has 0 fully saturated rings. The van der Waals surface area contributed by atoms with Gasteiger partial charge in [-0.1, -0.05) is 44.5 Å². The molecule has 17 heteroatoms. The molecule has 0 saturated heterocycles. The lowest BCUT2D eigenvalue weighted by Crippen LogP contribution is -2.71. The van der Waals surface area contributed by atoms with Crippen molar-refractivity contribution in [3.8, 4) is 22.9 Å². The second-order valence-corrected chi connectivity index (χ2v) is 8.91. The topological polar surface area (TPSA) is 33.0 Å². The fraction of sp³-hybridized carbons (Fsp3) is 0.316. The third kappa shape index (κ3) is 8.63. The van der Waals surface area contributed by atoms with E-state index in [4.69, 9.17) is 79.6 Å². The van der Waals surface area contributed by atoms with Gasteiger partial charge in [-0.15, -0.1) is 0 Å². The molecule has 151 valence electrons. The lowest BCUT2D eigenvalue weighted by Gasteiger charge is -2.53. The van der Waals surface area contributed by atoms with Crippen LogP contribution in [0.25, 0.3) is 11.1 Å². The zero-order valence-electron chi connectivity index (χ0n) is 21.1. The molecule has 19 radical (unpaired) electrons. The Morgan fingerprint density at radius 3 is 1.61 bits per heavy atom. The van der Waals surface area contributed by atoms with Gasteiger partial charge in [0.2, 0.25) is 0 Å². The summed E-state index contributed by atoms with van der Waals surface area (Å²) in [6.07, 6.45) is 0.257. The molecule has 0 aromatic heterocycles. The molecular formula is C19H19B15NO. The maximum Gasteiger partial charge on any atom is 0.119 e. The normalized spacial score (nSPS) is 11.0. The molecule has 2 rings (SSSR count). The summed E-state index contributed by atoms with van der Waals surface area (Å²) in [7, 11) is 51.8. The Morgan fingerprint density at radius 1 is 0.861 bits per heavy atom. The molecular weight excluding hydrogens is 420 g/mol. The van der Waals surface area contributed by atoms with Gasteiger partial charge in [0.25, 0.3) is 0 Å². The molecule has 1 atom stereocenters. The minimum absolute atomic E-state index is 0.577. The van der Waals surface area contributed by atoms with E-state index in [0.717, 1.165) is 29.9 Å². The van der Waals surface area contributed by atoms with E-state index in [-0.39, 0.29) is 0 Å². The number of benzene rings is 2. The van der Waals surface area contributed by atoms with Crippen molar-refractivity contribution >= 4 is 109 Å². The van der Waals surface area contributed by atoms with Gasteiger partial charge in [0, 0.05) is 109 Å². The molecule has 0 N–H and O–H groups in total. The van der Waals surface area contributed by atoms with Crippen molar-refractivity contribution in [1.82, 2.24) is 0 Å². The van der Waals surface area contributed by atoms with Crippen LogP contribution in [0.1, 0.15) is 25.8 Å². The molecule has 0 aliphatic carbocycles. The summed E-state index contributed by atoms with van der Waals surface area (Å²) in [5.74, 6) is 1.48. The van der Waals surface area contributed by atoms with Crippen LogP contribution >= 0.6 is 0 Å². The molecule has 36 heavy (non-hydrogen) atoms. The lowest BCUT2D eigenvalue weighted by atomic mass is 8.60. The van der Waals surface area contributed by atoms with Gasteiger partial charge >= 0.3 is 0 Å². The Kier molecular flexibility index (Phi) is 14.4. The summed E-state index contributed by atoms with van der Waals surface area (Å²) in [5.41, 5.74) is 2.92. The molecule has 2 aromatic rings. The summed E-state index contributed by atoms with van der Waals surface area (Å²) < 4.78 is 5.74. The number of nitriles is 1. The highest BCUT2D eigenvalue weighted by Gasteiger charge is 2.46. The smallest absolute Gasteiger partial charge is 0.119 e. The highest BCUT2D eigenvalue weighted by Crippen LogP contribution is 2.33. The second-order valence-electron chi connectivity index (χ2n) is 8.91. The summed E-state index contributed by atoms with van der Waals surface area (Å²) in [4.78, 5) is 0. The predicted molar refractivity (Wildman–Crippen MR) is 171 cm³/mol. The van der Waals surface area contributed by atoms with Crippen LogP contribution in [-0.2, 0) is 0 Å². The highest BCUT2D eigenvalue weighted by atomic mass is 16.5. The molecule has 2 nitrogen and oxygen atoms in total. The van der Waals surface area contributed by atoms with Crippen molar-refractivity contribution in [1.29, 1.82) is 5.26 Å². The van der Waals surface area contributed by atoms with E-state index in [1.807, 2.05) is 48.5 Å². The average molecular weight is 440 g/mol. The minimum Gasteiger partial charge on any atom is -0.493 e. The van der Waals surface area contributed by atoms with Crippen LogP contribution < -0.4 is 4.74 Å². The van der Waals surface area contributed by atoms with Crippen molar-refractivity contribution in [2.45, 2.75) is 25.3 Å². The Bertz CT molecular complexity index is 912. The van der Waals surface area contributed by atoms with Gasteiger partial charge in [-0.2, -0.15) is 10.3 Å². The van der Waals surface area contributed by atoms with Crippen LogP contribution in [0.15, 0.2) is 48.5 Å². The van der Waals surface area contributed by atoms with E-state index < -0.39 is 37.4 Å². The van der Waals surface area contributed by atoms with Crippen LogP contribution in [0, 0.1) is 17.2 Å². The number of rotatable bonds is 11. The quantitative estimate of drug-likeness (QED) is 0.428. The zero-order chi connectivity index (χ0) is 27.5. The predicted octanol–water partition coefficient (Wildman–Crippen LogP) is -0.847. The first-order valence-corrected chi connectivity index (χ1v) is 11.8. The maximum absolute atomic E-state index is 8.79. The standard InChI is InChI=1S/C18H19NO.CB15/c1-3-14(2)13-20-18-10-8-17(9-11-18)16-6-4-15(12-19)5-7-16;2-11-15(16(9)10)1(12(3)4,13(5)6)14(7)8/h4-11,14H,3,13H2,1-2H3;. The average Bonchev–Trinajstić information content (AvgIpc) is 2.85. The monoisotopic (exact) mass is 442 g/mol. The minimum atomic E-state index is -1.27. The van der Waals surface area contributed by atoms with Crippen LogP contribution in [0.5, 0.6) is 5.75 Å². The number of hydrogen-bond acceptors (Lipinski definition) is 2. The Balaban J connectivity index is 0.000000371. The third-order valence-corrected chi connectivity index (χ3v) is 6.36. The van der Waals surface area contributed by atoms with Crippen LogP contribution in [0.3, 0.4) is 0 Å². The van der Waals surface area contributed by atoms with Crippen molar-refractivity contribution < 1.29 is 4.74 Å². The van der Waals surface area contributed by atoms with Crippen LogP contribution in [0.4, 0.5) is 0 Å². The van der Waals surface area contributed by atoms with Crippen LogP contribution in [-0.4, -0.2) is 116 Å². The van der Waals surface area contributed by atoms with Gasteiger partial charge in [0.15, 0.2) is 0 Å². The first-order chi connectivity index (χ1) is 16.9. The molecule has 1 unspecified atom stereocenters. The molecule has 0 heterocycles. The summed E-state index contributed by atoms with van der Waals surface area (Å²) in [5, 5.41) is 7.52. The van der Waals surface area contributed by atoms with Crippen molar-refractivity contribution in [3.05, 3.63) is 54.1 Å². The first-order valence-electron chi connectivity index (χ1n) is 11.8. The summed E-state index contributed by atoms with van der Waals surface area (Å²) in [6.45, 7) is 1.39. The van der Waals surface area contributed by atoms with Gasteiger partial charge in [-0.3, -0.25) is 0 Å². The van der Waals surface area contributed by atoms with E-state index in [1.165, 1.54) is 7.06 Å². The molecule has 0 bridgehead atoms. The molecule has 0 aliphatic rings. The number of ether oxygens (including phenoxy) is 1. The van der Waals surface area contributed by atoms with Crippen molar-refractivity contribution in [3.63, 3.8) is 0 Å². The summed E-state index contributed by atoms with van der Waals surface area (Å²) >= 11 is 0. The van der Waals surface area contributed by atoms with Crippen molar-refractivity contribution in [2.75, 3.05) is 6.61 Å². The van der Waals surface area contributed by atoms with Gasteiger partial charge in [0.05, 0.1) is 18.2 Å². The molecule has 0 spiro atoms. The Hall–Kier alpha value is -1.30. The Labute approximate surface area is 233 Å². The second kappa shape index (κ2) is 15.8. The van der Waals surface area contributed by atoms with E-state index in [2.05, 4.69) is 19.9 Å². The largest absolute Gasteiger partial charge is 0.493 e. The van der Waals surface area contributed by atoms with Crippen molar-refractivity contribution in [2.24, 2.45) is 5.92 Å². The lowest BCUT2D eigenvalue weighted by molar-refractivity contribution is 0.256. The number of nitrogens with zero attached hydrogens (tertiary/aromatic N) is 1. The van der Waals surface area contributed by atoms with E-state index in [0.29, 0.717) is 11.5 Å². The Morgan fingerprint density at radius 2 is 1.31 bits per heavy atom. The van der Waals surface area contributed by atoms with Gasteiger partial charge in [-0.25, -0.2) is 0 Å². The molecule has 2 aromatic carbocycles. The molecule has 0 saturated carbocycles. The zero-order valence-corrected chi connectivity index (χ0v) is 21.1. The van der Waals surface area contributed by atoms with Gasteiger partial charge in [-0.05, 0) is 41.3 Å². The van der Waals surface area contributed by atoms with E-state index in [9.17, 15) is 0 Å². The highest BCUT2D eigenvalue weighted by molar-refractivity contribution is 7.80. The SMILES string of the molecule is CCC(C)COc1ccc(-c2ccc(C#N)cc2)cc1.[B][B]B(B([B])[B])C(B([B])[B])(B([B])[B])B([B])[B]. The first kappa shape index (κ1) is 32.7. The number of hydrogen-bond donors (Lipinski definition) is 0. The van der Waals surface area contributed by atoms with Gasteiger partial charge in [0.1, 0.15) is 5.75 Å². The fourth-order valence-corrected chi connectivity index (χ4v) is 3.80. The third-order valence-electron chi connectivity index (χ3n) is 6.36. The van der Waals surface area contributed by atoms with E-state index in [1.54, 1.807) is 0 Å². The maximum atomic E-state index is 8.79. The molecule has 0 aliphatic heterocycles. The van der Waals surface area contributed by atoms with E-state index >= 15 is 0 Å². The molecule has 0 amide bonds. The van der Waals surface area contributed by atoms with Crippen LogP contribution in [0.2, 0.25) is 5.01 Å². The van der Waals surface area contributed by atoms with Gasteiger partial charge < -0.3 is 4.74 Å². The summed E-state index contributed by atoms with van der Waals surface area (Å²) in [6, 6.07) is 17.8. The fourth-order valence-electron chi connectivity index (χ4n) is 3.80.